The van der Waals surface area contributed by atoms with Gasteiger partial charge in [0.1, 0.15) is 5.82 Å². The molecule has 0 saturated heterocycles. The molecule has 116 valence electrons. The Morgan fingerprint density at radius 3 is 2.65 bits per heavy atom. The van der Waals surface area contributed by atoms with Crippen molar-refractivity contribution < 1.29 is 18.0 Å². The highest BCUT2D eigenvalue weighted by molar-refractivity contribution is 6.02. The lowest BCUT2D eigenvalue weighted by Gasteiger charge is -2.14. The van der Waals surface area contributed by atoms with E-state index in [-0.39, 0.29) is 22.6 Å². The molecule has 2 heterocycles. The molecule has 0 bridgehead atoms. The van der Waals surface area contributed by atoms with E-state index in [0.29, 0.717) is 0 Å². The third-order valence-corrected chi connectivity index (χ3v) is 3.28. The van der Waals surface area contributed by atoms with Crippen LogP contribution in [-0.2, 0) is 0 Å². The standard InChI is InChI=1S/C17H12F2N2O2/c18-12-5-3-11(4-6-12)16(19)13-10-20-8-7-14(13)21-17(22)15-2-1-9-23-15/h1-10,16H,(H,20,21,22). The van der Waals surface area contributed by atoms with Crippen molar-refractivity contribution in [2.45, 2.75) is 6.17 Å². The van der Waals surface area contributed by atoms with Crippen LogP contribution in [0, 0.1) is 5.82 Å². The number of nitrogens with zero attached hydrogens (tertiary/aromatic N) is 1. The first-order valence-corrected chi connectivity index (χ1v) is 6.83. The van der Waals surface area contributed by atoms with E-state index in [1.165, 1.54) is 55.1 Å². The first-order valence-electron chi connectivity index (χ1n) is 6.83. The van der Waals surface area contributed by atoms with Gasteiger partial charge in [0.2, 0.25) is 0 Å². The fourth-order valence-corrected chi connectivity index (χ4v) is 2.13. The molecule has 0 saturated carbocycles. The van der Waals surface area contributed by atoms with E-state index in [4.69, 9.17) is 4.42 Å². The minimum atomic E-state index is -1.55. The second-order valence-corrected chi connectivity index (χ2v) is 4.81. The van der Waals surface area contributed by atoms with Crippen LogP contribution in [-0.4, -0.2) is 10.9 Å². The van der Waals surface area contributed by atoms with Crippen molar-refractivity contribution in [1.29, 1.82) is 0 Å². The Bertz CT molecular complexity index is 802. The van der Waals surface area contributed by atoms with Crippen LogP contribution in [0.25, 0.3) is 0 Å². The molecule has 3 rings (SSSR count). The van der Waals surface area contributed by atoms with E-state index >= 15 is 0 Å². The quantitative estimate of drug-likeness (QED) is 0.788. The lowest BCUT2D eigenvalue weighted by Crippen LogP contribution is -2.13. The Kier molecular flexibility index (Phi) is 4.14. The van der Waals surface area contributed by atoms with E-state index < -0.39 is 17.9 Å². The molecule has 2 aromatic heterocycles. The molecule has 0 radical (unpaired) electrons. The number of rotatable bonds is 4. The molecule has 0 aliphatic rings. The van der Waals surface area contributed by atoms with Crippen LogP contribution in [0.15, 0.2) is 65.5 Å². The van der Waals surface area contributed by atoms with Gasteiger partial charge in [-0.2, -0.15) is 0 Å². The van der Waals surface area contributed by atoms with Crippen molar-refractivity contribution >= 4 is 11.6 Å². The smallest absolute Gasteiger partial charge is 0.291 e. The van der Waals surface area contributed by atoms with E-state index in [9.17, 15) is 13.6 Å². The van der Waals surface area contributed by atoms with Gasteiger partial charge in [-0.05, 0) is 35.9 Å². The molecule has 0 spiro atoms. The van der Waals surface area contributed by atoms with Gasteiger partial charge in [0.15, 0.2) is 11.9 Å². The highest BCUT2D eigenvalue weighted by Crippen LogP contribution is 2.31. The fraction of sp³-hybridized carbons (Fsp3) is 0.0588. The number of halogens is 2. The van der Waals surface area contributed by atoms with Gasteiger partial charge in [0.25, 0.3) is 5.91 Å². The fourth-order valence-electron chi connectivity index (χ4n) is 2.13. The highest BCUT2D eigenvalue weighted by Gasteiger charge is 2.19. The Morgan fingerprint density at radius 2 is 1.96 bits per heavy atom. The number of amides is 1. The molecular formula is C17H12F2N2O2. The van der Waals surface area contributed by atoms with Gasteiger partial charge in [-0.15, -0.1) is 0 Å². The Balaban J connectivity index is 1.88. The lowest BCUT2D eigenvalue weighted by molar-refractivity contribution is 0.0996. The summed E-state index contributed by atoms with van der Waals surface area (Å²) in [5.74, 6) is -0.822. The van der Waals surface area contributed by atoms with Crippen LogP contribution in [0.2, 0.25) is 0 Å². The zero-order valence-electron chi connectivity index (χ0n) is 11.9. The number of hydrogen-bond acceptors (Lipinski definition) is 3. The summed E-state index contributed by atoms with van der Waals surface area (Å²) in [7, 11) is 0. The third-order valence-electron chi connectivity index (χ3n) is 3.28. The zero-order valence-corrected chi connectivity index (χ0v) is 11.9. The maximum Gasteiger partial charge on any atom is 0.291 e. The molecular weight excluding hydrogens is 302 g/mol. The number of hydrogen-bond donors (Lipinski definition) is 1. The number of anilines is 1. The monoisotopic (exact) mass is 314 g/mol. The largest absolute Gasteiger partial charge is 0.459 e. The zero-order chi connectivity index (χ0) is 16.2. The second kappa shape index (κ2) is 6.39. The molecule has 1 N–H and O–H groups in total. The number of aromatic nitrogens is 1. The summed E-state index contributed by atoms with van der Waals surface area (Å²) < 4.78 is 32.7. The van der Waals surface area contributed by atoms with Gasteiger partial charge in [0.05, 0.1) is 12.0 Å². The molecule has 1 amide bonds. The number of benzene rings is 1. The van der Waals surface area contributed by atoms with E-state index in [1.807, 2.05) is 0 Å². The van der Waals surface area contributed by atoms with Gasteiger partial charge in [-0.1, -0.05) is 12.1 Å². The predicted molar refractivity (Wildman–Crippen MR) is 80.2 cm³/mol. The molecule has 6 heteroatoms. The first-order chi connectivity index (χ1) is 11.1. The SMILES string of the molecule is O=C(Nc1ccncc1C(F)c1ccc(F)cc1)c1ccco1. The molecule has 0 fully saturated rings. The second-order valence-electron chi connectivity index (χ2n) is 4.81. The van der Waals surface area contributed by atoms with Gasteiger partial charge < -0.3 is 9.73 Å². The summed E-state index contributed by atoms with van der Waals surface area (Å²) in [5.41, 5.74) is 0.727. The van der Waals surface area contributed by atoms with Crippen molar-refractivity contribution in [3.63, 3.8) is 0 Å². The van der Waals surface area contributed by atoms with E-state index in [0.717, 1.165) is 0 Å². The van der Waals surface area contributed by atoms with Crippen LogP contribution in [0.1, 0.15) is 27.9 Å². The average Bonchev–Trinajstić information content (AvgIpc) is 3.10. The summed E-state index contributed by atoms with van der Waals surface area (Å²) in [6.07, 6.45) is 2.60. The summed E-state index contributed by atoms with van der Waals surface area (Å²) in [6.45, 7) is 0. The number of furan rings is 1. The molecule has 0 aliphatic heterocycles. The Hall–Kier alpha value is -3.02. The van der Waals surface area contributed by atoms with Crippen LogP contribution in [0.3, 0.4) is 0 Å². The Labute approximate surface area is 130 Å². The molecule has 1 atom stereocenters. The number of alkyl halides is 1. The highest BCUT2D eigenvalue weighted by atomic mass is 19.1. The minimum absolute atomic E-state index is 0.116. The van der Waals surface area contributed by atoms with Crippen molar-refractivity contribution in [1.82, 2.24) is 4.98 Å². The molecule has 4 nitrogen and oxygen atoms in total. The predicted octanol–water partition coefficient (Wildman–Crippen LogP) is 4.12. The van der Waals surface area contributed by atoms with Crippen LogP contribution >= 0.6 is 0 Å². The van der Waals surface area contributed by atoms with Gasteiger partial charge >= 0.3 is 0 Å². The van der Waals surface area contributed by atoms with Crippen molar-refractivity contribution in [2.24, 2.45) is 0 Å². The molecule has 3 aromatic rings. The van der Waals surface area contributed by atoms with Gasteiger partial charge in [0, 0.05) is 18.0 Å². The van der Waals surface area contributed by atoms with Crippen LogP contribution < -0.4 is 5.32 Å². The number of nitrogens with one attached hydrogen (secondary N) is 1. The molecule has 23 heavy (non-hydrogen) atoms. The van der Waals surface area contributed by atoms with Gasteiger partial charge in [-0.3, -0.25) is 9.78 Å². The first kappa shape index (κ1) is 14.9. The summed E-state index contributed by atoms with van der Waals surface area (Å²) >= 11 is 0. The van der Waals surface area contributed by atoms with Crippen LogP contribution in [0.4, 0.5) is 14.5 Å². The normalized spacial score (nSPS) is 11.9. The lowest BCUT2D eigenvalue weighted by atomic mass is 10.0. The number of carbonyl (C=O) groups excluding carboxylic acids is 1. The molecule has 1 unspecified atom stereocenters. The minimum Gasteiger partial charge on any atom is -0.459 e. The van der Waals surface area contributed by atoms with E-state index in [2.05, 4.69) is 10.3 Å². The number of pyridine rings is 1. The third kappa shape index (κ3) is 3.26. The van der Waals surface area contributed by atoms with Crippen molar-refractivity contribution in [2.75, 3.05) is 5.32 Å². The summed E-state index contributed by atoms with van der Waals surface area (Å²) in [5, 5.41) is 2.59. The Morgan fingerprint density at radius 1 is 1.17 bits per heavy atom. The van der Waals surface area contributed by atoms with Crippen LogP contribution in [0.5, 0.6) is 0 Å². The topological polar surface area (TPSA) is 55.1 Å². The van der Waals surface area contributed by atoms with Crippen molar-refractivity contribution in [3.05, 3.63) is 83.8 Å². The maximum atomic E-state index is 14.7. The van der Waals surface area contributed by atoms with Gasteiger partial charge in [-0.25, -0.2) is 8.78 Å². The number of carbonyl (C=O) groups is 1. The maximum absolute atomic E-state index is 14.7. The van der Waals surface area contributed by atoms with E-state index in [1.54, 1.807) is 6.07 Å². The molecule has 0 aliphatic carbocycles. The summed E-state index contributed by atoms with van der Waals surface area (Å²) in [6, 6.07) is 9.64. The molecule has 1 aromatic carbocycles. The summed E-state index contributed by atoms with van der Waals surface area (Å²) in [4.78, 5) is 15.9. The van der Waals surface area contributed by atoms with Crippen molar-refractivity contribution in [3.8, 4) is 0 Å². The average molecular weight is 314 g/mol.